The second kappa shape index (κ2) is 3.56. The number of rotatable bonds is 1. The number of halogens is 1. The Labute approximate surface area is 76.5 Å². The molecule has 1 aliphatic rings. The van der Waals surface area contributed by atoms with E-state index in [-0.39, 0.29) is 0 Å². The Balaban J connectivity index is 2.73. The second-order valence-electron chi connectivity index (χ2n) is 2.94. The molecule has 0 nitrogen and oxygen atoms in total. The highest BCUT2D eigenvalue weighted by Crippen LogP contribution is 2.24. The lowest BCUT2D eigenvalue weighted by atomic mass is 9.92. The van der Waals surface area contributed by atoms with Gasteiger partial charge in [-0.1, -0.05) is 52.8 Å². The summed E-state index contributed by atoms with van der Waals surface area (Å²) < 4.78 is 1.18. The zero-order chi connectivity index (χ0) is 7.56. The summed E-state index contributed by atoms with van der Waals surface area (Å²) in [5.41, 5.74) is 3.03. The molecule has 1 heteroatoms. The lowest BCUT2D eigenvalue weighted by Gasteiger charge is -2.16. The summed E-state index contributed by atoms with van der Waals surface area (Å²) >= 11 is 2.44. The molecule has 0 saturated carbocycles. The summed E-state index contributed by atoms with van der Waals surface area (Å²) in [5, 5.41) is 0. The Morgan fingerprint density at radius 1 is 1.70 bits per heavy atom. The third kappa shape index (κ3) is 1.84. The van der Waals surface area contributed by atoms with Gasteiger partial charge in [0, 0.05) is 4.43 Å². The molecule has 0 radical (unpaired) electrons. The SMILES string of the molecule is CC1=CCC(C)C(CI)=C1. The van der Waals surface area contributed by atoms with Gasteiger partial charge in [0.25, 0.3) is 0 Å². The first-order valence-electron chi connectivity index (χ1n) is 3.67. The molecule has 0 heterocycles. The van der Waals surface area contributed by atoms with Gasteiger partial charge in [0.1, 0.15) is 0 Å². The van der Waals surface area contributed by atoms with E-state index in [9.17, 15) is 0 Å². The van der Waals surface area contributed by atoms with Gasteiger partial charge in [-0.15, -0.1) is 0 Å². The van der Waals surface area contributed by atoms with E-state index in [0.29, 0.717) is 0 Å². The van der Waals surface area contributed by atoms with Crippen molar-refractivity contribution in [3.05, 3.63) is 23.3 Å². The first-order chi connectivity index (χ1) is 4.74. The topological polar surface area (TPSA) is 0 Å². The molecule has 0 spiro atoms. The van der Waals surface area contributed by atoms with E-state index in [2.05, 4.69) is 48.6 Å². The van der Waals surface area contributed by atoms with Gasteiger partial charge in [-0.2, -0.15) is 0 Å². The first kappa shape index (κ1) is 8.31. The standard InChI is InChI=1S/C9H13I/c1-7-3-4-8(2)9(5-7)6-10/h3,5,8H,4,6H2,1-2H3. The molecule has 0 bridgehead atoms. The van der Waals surface area contributed by atoms with E-state index in [1.165, 1.54) is 16.4 Å². The molecule has 0 aromatic rings. The third-order valence-electron chi connectivity index (χ3n) is 1.99. The highest BCUT2D eigenvalue weighted by Gasteiger charge is 2.09. The van der Waals surface area contributed by atoms with Crippen molar-refractivity contribution in [2.45, 2.75) is 20.3 Å². The minimum Gasteiger partial charge on any atom is -0.0815 e. The quantitative estimate of drug-likeness (QED) is 0.493. The first-order valence-corrected chi connectivity index (χ1v) is 5.19. The Kier molecular flexibility index (Phi) is 2.96. The highest BCUT2D eigenvalue weighted by molar-refractivity contribution is 14.1. The summed E-state index contributed by atoms with van der Waals surface area (Å²) in [6.45, 7) is 4.48. The van der Waals surface area contributed by atoms with Crippen LogP contribution >= 0.6 is 22.6 Å². The zero-order valence-corrected chi connectivity index (χ0v) is 8.68. The maximum absolute atomic E-state index is 2.44. The van der Waals surface area contributed by atoms with Gasteiger partial charge in [-0.3, -0.25) is 0 Å². The van der Waals surface area contributed by atoms with Gasteiger partial charge >= 0.3 is 0 Å². The predicted octanol–water partition coefficient (Wildman–Crippen LogP) is 3.33. The zero-order valence-electron chi connectivity index (χ0n) is 6.52. The fourth-order valence-corrected chi connectivity index (χ4v) is 2.15. The van der Waals surface area contributed by atoms with E-state index in [0.717, 1.165) is 5.92 Å². The van der Waals surface area contributed by atoms with Crippen LogP contribution in [0.15, 0.2) is 23.3 Å². The van der Waals surface area contributed by atoms with E-state index in [1.807, 2.05) is 0 Å². The van der Waals surface area contributed by atoms with Crippen LogP contribution in [0.2, 0.25) is 0 Å². The van der Waals surface area contributed by atoms with Crippen LogP contribution < -0.4 is 0 Å². The molecule has 0 amide bonds. The van der Waals surface area contributed by atoms with E-state index < -0.39 is 0 Å². The van der Waals surface area contributed by atoms with Crippen molar-refractivity contribution in [3.63, 3.8) is 0 Å². The normalized spacial score (nSPS) is 25.7. The molecule has 1 unspecified atom stereocenters. The number of alkyl halides is 1. The van der Waals surface area contributed by atoms with Crippen molar-refractivity contribution in [3.8, 4) is 0 Å². The highest BCUT2D eigenvalue weighted by atomic mass is 127. The molecule has 10 heavy (non-hydrogen) atoms. The molecule has 1 aliphatic carbocycles. The Hall–Kier alpha value is 0.210. The van der Waals surface area contributed by atoms with Crippen molar-refractivity contribution in [2.24, 2.45) is 5.92 Å². The molecule has 0 N–H and O–H groups in total. The van der Waals surface area contributed by atoms with Crippen molar-refractivity contribution in [1.82, 2.24) is 0 Å². The van der Waals surface area contributed by atoms with Crippen LogP contribution in [0.25, 0.3) is 0 Å². The van der Waals surface area contributed by atoms with E-state index in [4.69, 9.17) is 0 Å². The molecule has 1 rings (SSSR count). The van der Waals surface area contributed by atoms with Crippen LogP contribution in [0, 0.1) is 5.92 Å². The predicted molar refractivity (Wildman–Crippen MR) is 54.5 cm³/mol. The van der Waals surface area contributed by atoms with Gasteiger partial charge in [0.2, 0.25) is 0 Å². The largest absolute Gasteiger partial charge is 0.0815 e. The van der Waals surface area contributed by atoms with Gasteiger partial charge in [-0.05, 0) is 19.3 Å². The lowest BCUT2D eigenvalue weighted by Crippen LogP contribution is -2.03. The molecule has 56 valence electrons. The Morgan fingerprint density at radius 2 is 2.40 bits per heavy atom. The van der Waals surface area contributed by atoms with Crippen LogP contribution in [0.1, 0.15) is 20.3 Å². The van der Waals surface area contributed by atoms with Crippen LogP contribution in [-0.2, 0) is 0 Å². The maximum atomic E-state index is 2.44. The van der Waals surface area contributed by atoms with E-state index >= 15 is 0 Å². The lowest BCUT2D eigenvalue weighted by molar-refractivity contribution is 0.686. The number of allylic oxidation sites excluding steroid dienone is 4. The van der Waals surface area contributed by atoms with Crippen molar-refractivity contribution < 1.29 is 0 Å². The van der Waals surface area contributed by atoms with Crippen LogP contribution in [0.4, 0.5) is 0 Å². The second-order valence-corrected chi connectivity index (χ2v) is 3.70. The fraction of sp³-hybridized carbons (Fsp3) is 0.556. The smallest absolute Gasteiger partial charge is 0.0211 e. The Morgan fingerprint density at radius 3 is 2.90 bits per heavy atom. The average molecular weight is 248 g/mol. The van der Waals surface area contributed by atoms with Gasteiger partial charge < -0.3 is 0 Å². The minimum absolute atomic E-state index is 0.778. The van der Waals surface area contributed by atoms with Crippen LogP contribution in [-0.4, -0.2) is 4.43 Å². The molecular weight excluding hydrogens is 235 g/mol. The molecule has 1 atom stereocenters. The summed E-state index contributed by atoms with van der Waals surface area (Å²) in [4.78, 5) is 0. The van der Waals surface area contributed by atoms with Crippen LogP contribution in [0.3, 0.4) is 0 Å². The molecule has 0 saturated heterocycles. The summed E-state index contributed by atoms with van der Waals surface area (Å²) in [6, 6.07) is 0. The molecule has 0 aliphatic heterocycles. The van der Waals surface area contributed by atoms with Crippen molar-refractivity contribution in [1.29, 1.82) is 0 Å². The number of hydrogen-bond donors (Lipinski definition) is 0. The summed E-state index contributed by atoms with van der Waals surface area (Å²) in [5.74, 6) is 0.778. The molecule has 0 aromatic carbocycles. The van der Waals surface area contributed by atoms with Crippen LogP contribution in [0.5, 0.6) is 0 Å². The fourth-order valence-electron chi connectivity index (χ4n) is 1.18. The maximum Gasteiger partial charge on any atom is 0.0211 e. The number of hydrogen-bond acceptors (Lipinski definition) is 0. The third-order valence-corrected chi connectivity index (χ3v) is 2.87. The monoisotopic (exact) mass is 248 g/mol. The van der Waals surface area contributed by atoms with Gasteiger partial charge in [0.05, 0.1) is 0 Å². The molecule has 0 fully saturated rings. The van der Waals surface area contributed by atoms with E-state index in [1.54, 1.807) is 5.57 Å². The van der Waals surface area contributed by atoms with Crippen molar-refractivity contribution in [2.75, 3.05) is 4.43 Å². The summed E-state index contributed by atoms with van der Waals surface area (Å²) in [7, 11) is 0. The summed E-state index contributed by atoms with van der Waals surface area (Å²) in [6.07, 6.45) is 5.88. The molecular formula is C9H13I. The minimum atomic E-state index is 0.778. The van der Waals surface area contributed by atoms with Gasteiger partial charge in [-0.25, -0.2) is 0 Å². The molecule has 0 aromatic heterocycles. The van der Waals surface area contributed by atoms with Crippen molar-refractivity contribution >= 4 is 22.6 Å². The van der Waals surface area contributed by atoms with Gasteiger partial charge in [0.15, 0.2) is 0 Å². The Bertz CT molecular complexity index is 177. The average Bonchev–Trinajstić information content (AvgIpc) is 1.94.